The molecular formula is C21H23N5O3. The van der Waals surface area contributed by atoms with Gasteiger partial charge in [-0.05, 0) is 35.7 Å². The molecule has 29 heavy (non-hydrogen) atoms. The first-order valence-corrected chi connectivity index (χ1v) is 9.20. The van der Waals surface area contributed by atoms with Crippen LogP contribution in [0.1, 0.15) is 31.2 Å². The number of nitrogens with two attached hydrogens (primary N) is 1. The maximum Gasteiger partial charge on any atom is 0.344 e. The third-order valence-corrected chi connectivity index (χ3v) is 3.99. The van der Waals surface area contributed by atoms with Crippen molar-refractivity contribution in [3.05, 3.63) is 66.0 Å². The zero-order valence-electron chi connectivity index (χ0n) is 16.3. The quantitative estimate of drug-likeness (QED) is 0.560. The summed E-state index contributed by atoms with van der Waals surface area (Å²) in [5, 5.41) is 3.02. The summed E-state index contributed by atoms with van der Waals surface area (Å²) in [6.45, 7) is 3.88. The Labute approximate surface area is 169 Å². The Hall–Kier alpha value is -3.68. The molecular weight excluding hydrogens is 370 g/mol. The fourth-order valence-electron chi connectivity index (χ4n) is 2.49. The van der Waals surface area contributed by atoms with Crippen LogP contribution in [-0.4, -0.2) is 27.5 Å². The molecule has 2 aromatic carbocycles. The van der Waals surface area contributed by atoms with E-state index in [4.69, 9.17) is 15.2 Å². The summed E-state index contributed by atoms with van der Waals surface area (Å²) in [6.07, 6.45) is 0. The molecule has 0 spiro atoms. The van der Waals surface area contributed by atoms with E-state index in [9.17, 15) is 4.79 Å². The number of benzene rings is 2. The predicted molar refractivity (Wildman–Crippen MR) is 110 cm³/mol. The second kappa shape index (κ2) is 9.50. The highest BCUT2D eigenvalue weighted by molar-refractivity contribution is 5.71. The highest BCUT2D eigenvalue weighted by Crippen LogP contribution is 2.18. The van der Waals surface area contributed by atoms with Gasteiger partial charge in [0.15, 0.2) is 19.0 Å². The number of carbonyl (C=O) groups is 1. The minimum atomic E-state index is -0.533. The molecule has 3 aromatic rings. The van der Waals surface area contributed by atoms with Crippen molar-refractivity contribution in [1.29, 1.82) is 0 Å². The van der Waals surface area contributed by atoms with Gasteiger partial charge in [-0.3, -0.25) is 0 Å². The summed E-state index contributed by atoms with van der Waals surface area (Å²) in [5.74, 6) is 1.05. The second-order valence-corrected chi connectivity index (χ2v) is 6.60. The molecule has 0 radical (unpaired) electrons. The van der Waals surface area contributed by atoms with E-state index in [1.54, 1.807) is 0 Å². The van der Waals surface area contributed by atoms with Crippen molar-refractivity contribution < 1.29 is 14.3 Å². The van der Waals surface area contributed by atoms with E-state index < -0.39 is 5.97 Å². The molecule has 1 aromatic heterocycles. The van der Waals surface area contributed by atoms with E-state index in [1.807, 2.05) is 54.6 Å². The maximum atomic E-state index is 12.0. The predicted octanol–water partition coefficient (Wildman–Crippen LogP) is 3.44. The minimum Gasteiger partial charge on any atom is -0.482 e. The van der Waals surface area contributed by atoms with Crippen molar-refractivity contribution in [3.63, 3.8) is 0 Å². The van der Waals surface area contributed by atoms with Crippen molar-refractivity contribution in [3.8, 4) is 5.75 Å². The van der Waals surface area contributed by atoms with Crippen LogP contribution in [0.2, 0.25) is 0 Å². The first kappa shape index (κ1) is 20.1. The number of nitrogens with zero attached hydrogens (tertiary/aromatic N) is 3. The molecule has 0 saturated carbocycles. The summed E-state index contributed by atoms with van der Waals surface area (Å²) < 4.78 is 10.6. The zero-order chi connectivity index (χ0) is 20.6. The molecule has 8 heteroatoms. The monoisotopic (exact) mass is 393 g/mol. The second-order valence-electron chi connectivity index (χ2n) is 6.60. The van der Waals surface area contributed by atoms with Gasteiger partial charge in [-0.1, -0.05) is 44.2 Å². The van der Waals surface area contributed by atoms with Gasteiger partial charge in [-0.25, -0.2) is 4.79 Å². The largest absolute Gasteiger partial charge is 0.482 e. The fourth-order valence-corrected chi connectivity index (χ4v) is 2.49. The molecule has 0 atom stereocenters. The molecule has 8 nitrogen and oxygen atoms in total. The van der Waals surface area contributed by atoms with Crippen LogP contribution < -0.4 is 15.8 Å². The number of aromatic nitrogens is 3. The molecule has 1 heterocycles. The van der Waals surface area contributed by atoms with Gasteiger partial charge >= 0.3 is 5.97 Å². The van der Waals surface area contributed by atoms with Crippen molar-refractivity contribution >= 4 is 23.6 Å². The van der Waals surface area contributed by atoms with Gasteiger partial charge in [0, 0.05) is 5.69 Å². The van der Waals surface area contributed by atoms with Crippen molar-refractivity contribution in [2.45, 2.75) is 26.4 Å². The Morgan fingerprint density at radius 1 is 1.03 bits per heavy atom. The van der Waals surface area contributed by atoms with Gasteiger partial charge < -0.3 is 20.5 Å². The van der Waals surface area contributed by atoms with Crippen LogP contribution in [0, 0.1) is 0 Å². The van der Waals surface area contributed by atoms with Crippen LogP contribution in [0.25, 0.3) is 0 Å². The van der Waals surface area contributed by atoms with Gasteiger partial charge in [0.05, 0.1) is 0 Å². The molecule has 0 aliphatic heterocycles. The van der Waals surface area contributed by atoms with E-state index in [0.717, 1.165) is 5.69 Å². The number of hydrogen-bond donors (Lipinski definition) is 2. The average Bonchev–Trinajstić information content (AvgIpc) is 2.71. The van der Waals surface area contributed by atoms with Crippen LogP contribution in [-0.2, 0) is 16.1 Å². The molecule has 0 saturated heterocycles. The number of nitrogens with one attached hydrogen (secondary N) is 1. The molecule has 150 valence electrons. The van der Waals surface area contributed by atoms with E-state index in [2.05, 4.69) is 34.1 Å². The van der Waals surface area contributed by atoms with Gasteiger partial charge in [0.2, 0.25) is 11.9 Å². The number of ether oxygens (including phenoxy) is 2. The number of rotatable bonds is 8. The smallest absolute Gasteiger partial charge is 0.344 e. The number of esters is 1. The Bertz CT molecular complexity index is 946. The minimum absolute atomic E-state index is 0.0333. The summed E-state index contributed by atoms with van der Waals surface area (Å²) in [6, 6.07) is 17.0. The first-order valence-electron chi connectivity index (χ1n) is 9.20. The lowest BCUT2D eigenvalue weighted by Crippen LogP contribution is -2.16. The molecule has 0 bridgehead atoms. The van der Waals surface area contributed by atoms with E-state index in [0.29, 0.717) is 11.7 Å². The molecule has 3 N–H and O–H groups in total. The van der Waals surface area contributed by atoms with Crippen molar-refractivity contribution in [1.82, 2.24) is 15.0 Å². The molecule has 3 rings (SSSR count). The molecule has 0 amide bonds. The third-order valence-electron chi connectivity index (χ3n) is 3.99. The normalized spacial score (nSPS) is 10.6. The standard InChI is InChI=1S/C21H23N5O3/c1-14(2)15-8-10-17(11-9-15)28-13-19(27)29-12-18-24-20(22)26-21(25-18)23-16-6-4-3-5-7-16/h3-11,14H,12-13H2,1-2H3,(H3,22,23,24,25,26). The van der Waals surface area contributed by atoms with Crippen LogP contribution in [0.5, 0.6) is 5.75 Å². The van der Waals surface area contributed by atoms with E-state index >= 15 is 0 Å². The first-order chi connectivity index (χ1) is 14.0. The molecule has 0 unspecified atom stereocenters. The average molecular weight is 393 g/mol. The number of hydrogen-bond acceptors (Lipinski definition) is 8. The van der Waals surface area contributed by atoms with Crippen LogP contribution >= 0.6 is 0 Å². The molecule has 0 aliphatic rings. The summed E-state index contributed by atoms with van der Waals surface area (Å²) >= 11 is 0. The molecule has 0 fully saturated rings. The molecule has 0 aliphatic carbocycles. The maximum absolute atomic E-state index is 12.0. The summed E-state index contributed by atoms with van der Waals surface area (Å²) in [4.78, 5) is 24.2. The topological polar surface area (TPSA) is 112 Å². The van der Waals surface area contributed by atoms with Crippen LogP contribution in [0.3, 0.4) is 0 Å². The fraction of sp³-hybridized carbons (Fsp3) is 0.238. The van der Waals surface area contributed by atoms with Gasteiger partial charge in [0.25, 0.3) is 0 Å². The highest BCUT2D eigenvalue weighted by atomic mass is 16.6. The lowest BCUT2D eigenvalue weighted by molar-refractivity contribution is -0.147. The lowest BCUT2D eigenvalue weighted by atomic mass is 10.0. The van der Waals surface area contributed by atoms with Gasteiger partial charge in [-0.2, -0.15) is 15.0 Å². The van der Waals surface area contributed by atoms with Crippen LogP contribution in [0.4, 0.5) is 17.6 Å². The zero-order valence-corrected chi connectivity index (χ0v) is 16.3. The Kier molecular flexibility index (Phi) is 6.57. The van der Waals surface area contributed by atoms with Crippen molar-refractivity contribution in [2.75, 3.05) is 17.7 Å². The van der Waals surface area contributed by atoms with E-state index in [1.165, 1.54) is 5.56 Å². The third kappa shape index (κ3) is 6.17. The Balaban J connectivity index is 1.51. The summed E-state index contributed by atoms with van der Waals surface area (Å²) in [7, 11) is 0. The number of nitrogen functional groups attached to an aromatic ring is 1. The highest BCUT2D eigenvalue weighted by Gasteiger charge is 2.10. The lowest BCUT2D eigenvalue weighted by Gasteiger charge is -2.10. The van der Waals surface area contributed by atoms with E-state index in [-0.39, 0.29) is 30.9 Å². The number of anilines is 3. The number of para-hydroxylation sites is 1. The summed E-state index contributed by atoms with van der Waals surface area (Å²) in [5.41, 5.74) is 7.72. The van der Waals surface area contributed by atoms with Gasteiger partial charge in [-0.15, -0.1) is 0 Å². The van der Waals surface area contributed by atoms with Crippen LogP contribution in [0.15, 0.2) is 54.6 Å². The Morgan fingerprint density at radius 2 is 1.76 bits per heavy atom. The Morgan fingerprint density at radius 3 is 2.45 bits per heavy atom. The SMILES string of the molecule is CC(C)c1ccc(OCC(=O)OCc2nc(N)nc(Nc3ccccc3)n2)cc1. The van der Waals surface area contributed by atoms with Crippen molar-refractivity contribution in [2.24, 2.45) is 0 Å². The number of carbonyl (C=O) groups excluding carboxylic acids is 1. The van der Waals surface area contributed by atoms with Gasteiger partial charge in [0.1, 0.15) is 5.75 Å².